The number of nitriles is 1. The molecular weight excluding hydrogens is 422 g/mol. The van der Waals surface area contributed by atoms with Crippen molar-refractivity contribution in [3.05, 3.63) is 70.3 Å². The normalized spacial score (nSPS) is 17.4. The second-order valence-corrected chi connectivity index (χ2v) is 10.5. The fraction of sp³-hybridized carbons (Fsp3) is 0.559. The number of hydrogen-bond acceptors (Lipinski definition) is 1. The molecule has 1 heteroatoms. The van der Waals surface area contributed by atoms with Crippen LogP contribution in [0.4, 0.5) is 0 Å². The number of benzene rings is 2. The molecule has 0 aromatic heterocycles. The highest BCUT2D eigenvalue weighted by atomic mass is 14.3. The third-order valence-corrected chi connectivity index (χ3v) is 7.68. The van der Waals surface area contributed by atoms with Gasteiger partial charge in [-0.1, -0.05) is 101 Å². The number of hydrogen-bond donors (Lipinski definition) is 0. The van der Waals surface area contributed by atoms with Gasteiger partial charge in [0.25, 0.3) is 0 Å². The van der Waals surface area contributed by atoms with E-state index in [1.807, 2.05) is 0 Å². The highest BCUT2D eigenvalue weighted by Crippen LogP contribution is 2.35. The van der Waals surface area contributed by atoms with Crippen LogP contribution < -0.4 is 0 Å². The molecule has 0 N–H and O–H groups in total. The van der Waals surface area contributed by atoms with Crippen LogP contribution >= 0.6 is 0 Å². The molecule has 1 aliphatic carbocycles. The Hall–Kier alpha value is -2.51. The third kappa shape index (κ3) is 9.22. The summed E-state index contributed by atoms with van der Waals surface area (Å²) in [5.74, 6) is 8.00. The van der Waals surface area contributed by atoms with E-state index < -0.39 is 0 Å². The Kier molecular flexibility index (Phi) is 12.0. The van der Waals surface area contributed by atoms with E-state index in [-0.39, 0.29) is 0 Å². The van der Waals surface area contributed by atoms with E-state index >= 15 is 0 Å². The van der Waals surface area contributed by atoms with Crippen LogP contribution in [-0.2, 0) is 12.8 Å². The van der Waals surface area contributed by atoms with Crippen LogP contribution in [0.1, 0.15) is 131 Å². The molecule has 35 heavy (non-hydrogen) atoms. The first kappa shape index (κ1) is 27.1. The molecule has 1 aliphatic rings. The largest absolute Gasteiger partial charge is 0.192 e. The van der Waals surface area contributed by atoms with Crippen molar-refractivity contribution in [1.82, 2.24) is 0 Å². The van der Waals surface area contributed by atoms with Gasteiger partial charge < -0.3 is 0 Å². The van der Waals surface area contributed by atoms with Crippen molar-refractivity contribution in [3.8, 4) is 17.9 Å². The molecule has 0 bridgehead atoms. The van der Waals surface area contributed by atoms with Crippen molar-refractivity contribution >= 4 is 0 Å². The average molecular weight is 468 g/mol. The summed E-state index contributed by atoms with van der Waals surface area (Å²) in [6.07, 6.45) is 18.8. The molecule has 0 atom stereocenters. The second kappa shape index (κ2) is 15.5. The number of nitrogens with zero attached hydrogens (tertiary/aromatic N) is 1. The quantitative estimate of drug-likeness (QED) is 0.225. The maximum atomic E-state index is 9.66. The van der Waals surface area contributed by atoms with Gasteiger partial charge in [0.15, 0.2) is 0 Å². The second-order valence-electron chi connectivity index (χ2n) is 10.5. The van der Waals surface area contributed by atoms with Gasteiger partial charge in [0.05, 0.1) is 5.56 Å². The van der Waals surface area contributed by atoms with E-state index in [2.05, 4.69) is 74.2 Å². The predicted molar refractivity (Wildman–Crippen MR) is 149 cm³/mol. The molecule has 1 saturated carbocycles. The maximum Gasteiger partial charge on any atom is 0.100 e. The molecule has 0 unspecified atom stereocenters. The summed E-state index contributed by atoms with van der Waals surface area (Å²) in [5, 5.41) is 9.66. The van der Waals surface area contributed by atoms with E-state index in [1.165, 1.54) is 93.7 Å². The summed E-state index contributed by atoms with van der Waals surface area (Å²) >= 11 is 0. The van der Waals surface area contributed by atoms with Crippen LogP contribution in [0.15, 0.2) is 42.5 Å². The van der Waals surface area contributed by atoms with Crippen LogP contribution in [0.5, 0.6) is 0 Å². The van der Waals surface area contributed by atoms with Gasteiger partial charge in [0.2, 0.25) is 0 Å². The van der Waals surface area contributed by atoms with Crippen molar-refractivity contribution in [1.29, 1.82) is 5.26 Å². The van der Waals surface area contributed by atoms with Crippen molar-refractivity contribution < 1.29 is 0 Å². The Morgan fingerprint density at radius 1 is 0.686 bits per heavy atom. The van der Waals surface area contributed by atoms with Gasteiger partial charge in [-0.3, -0.25) is 0 Å². The summed E-state index contributed by atoms with van der Waals surface area (Å²) in [5.41, 5.74) is 5.91. The first-order valence-electron chi connectivity index (χ1n) is 14.4. The highest BCUT2D eigenvalue weighted by Gasteiger charge is 2.21. The van der Waals surface area contributed by atoms with Crippen LogP contribution in [-0.4, -0.2) is 0 Å². The summed E-state index contributed by atoms with van der Waals surface area (Å²) in [4.78, 5) is 0. The summed E-state index contributed by atoms with van der Waals surface area (Å²) in [6, 6.07) is 18.1. The van der Waals surface area contributed by atoms with Crippen molar-refractivity contribution in [2.75, 3.05) is 0 Å². The molecule has 0 spiro atoms. The predicted octanol–water partition coefficient (Wildman–Crippen LogP) is 9.52. The SMILES string of the molecule is CCCCCCCc1ccc(C#CC2CCC(c3ccc(CCCCCC)cc3)CC2)c(C#N)c1. The minimum absolute atomic E-state index is 0.453. The monoisotopic (exact) mass is 467 g/mol. The minimum atomic E-state index is 0.453. The van der Waals surface area contributed by atoms with Gasteiger partial charge in [-0.15, -0.1) is 0 Å². The number of rotatable bonds is 12. The molecular formula is C34H45N. The Morgan fingerprint density at radius 3 is 1.94 bits per heavy atom. The van der Waals surface area contributed by atoms with Crippen molar-refractivity contribution in [3.63, 3.8) is 0 Å². The fourth-order valence-electron chi connectivity index (χ4n) is 5.34. The van der Waals surface area contributed by atoms with Crippen molar-refractivity contribution in [2.24, 2.45) is 5.92 Å². The molecule has 0 saturated heterocycles. The zero-order valence-electron chi connectivity index (χ0n) is 22.2. The van der Waals surface area contributed by atoms with Gasteiger partial charge >= 0.3 is 0 Å². The number of aryl methyl sites for hydroxylation is 2. The summed E-state index contributed by atoms with van der Waals surface area (Å²) < 4.78 is 0. The first-order chi connectivity index (χ1) is 17.2. The molecule has 0 aliphatic heterocycles. The van der Waals surface area contributed by atoms with Crippen LogP contribution in [0.25, 0.3) is 0 Å². The van der Waals surface area contributed by atoms with E-state index in [9.17, 15) is 5.26 Å². The Labute approximate surface area is 215 Å². The van der Waals surface area contributed by atoms with E-state index in [4.69, 9.17) is 0 Å². The van der Waals surface area contributed by atoms with Crippen LogP contribution in [0.3, 0.4) is 0 Å². The Balaban J connectivity index is 1.47. The molecule has 0 amide bonds. The fourth-order valence-corrected chi connectivity index (χ4v) is 5.34. The molecule has 2 aromatic carbocycles. The molecule has 0 heterocycles. The lowest BCUT2D eigenvalue weighted by Crippen LogP contribution is -2.12. The molecule has 1 fully saturated rings. The zero-order chi connectivity index (χ0) is 24.7. The van der Waals surface area contributed by atoms with Gasteiger partial charge in [-0.25, -0.2) is 0 Å². The van der Waals surface area contributed by atoms with Crippen LogP contribution in [0, 0.1) is 29.1 Å². The molecule has 0 radical (unpaired) electrons. The summed E-state index contributed by atoms with van der Waals surface area (Å²) in [6.45, 7) is 4.52. The minimum Gasteiger partial charge on any atom is -0.192 e. The van der Waals surface area contributed by atoms with Crippen molar-refractivity contribution in [2.45, 2.75) is 116 Å². The third-order valence-electron chi connectivity index (χ3n) is 7.68. The van der Waals surface area contributed by atoms with E-state index in [0.29, 0.717) is 11.8 Å². The highest BCUT2D eigenvalue weighted by molar-refractivity contribution is 5.50. The Bertz CT molecular complexity index is 974. The molecule has 186 valence electrons. The molecule has 3 rings (SSSR count). The smallest absolute Gasteiger partial charge is 0.100 e. The topological polar surface area (TPSA) is 23.8 Å². The van der Waals surface area contributed by atoms with Gasteiger partial charge in [0, 0.05) is 11.5 Å². The lowest BCUT2D eigenvalue weighted by molar-refractivity contribution is 0.384. The summed E-state index contributed by atoms with van der Waals surface area (Å²) in [7, 11) is 0. The average Bonchev–Trinajstić information content (AvgIpc) is 2.91. The van der Waals surface area contributed by atoms with Gasteiger partial charge in [-0.05, 0) is 86.1 Å². The van der Waals surface area contributed by atoms with E-state index in [1.54, 1.807) is 0 Å². The molecule has 2 aromatic rings. The lowest BCUT2D eigenvalue weighted by atomic mass is 9.78. The van der Waals surface area contributed by atoms with Crippen LogP contribution in [0.2, 0.25) is 0 Å². The zero-order valence-corrected chi connectivity index (χ0v) is 22.2. The number of unbranched alkanes of at least 4 members (excludes halogenated alkanes) is 7. The standard InChI is InChI=1S/C34H45N/c1-3-5-7-9-11-13-30-19-25-33(34(26-30)27-35)24-18-29-16-22-32(23-17-29)31-20-14-28(15-21-31)12-10-8-6-4-2/h14-15,19-21,25-26,29,32H,3-13,16-17,22-23H2,1-2H3. The molecule has 1 nitrogen and oxygen atoms in total. The van der Waals surface area contributed by atoms with Gasteiger partial charge in [-0.2, -0.15) is 5.26 Å². The first-order valence-corrected chi connectivity index (χ1v) is 14.4. The lowest BCUT2D eigenvalue weighted by Gasteiger charge is -2.26. The Morgan fingerprint density at radius 2 is 1.29 bits per heavy atom. The van der Waals surface area contributed by atoms with E-state index in [0.717, 1.165) is 30.4 Å². The maximum absolute atomic E-state index is 9.66. The van der Waals surface area contributed by atoms with Gasteiger partial charge in [0.1, 0.15) is 6.07 Å².